The summed E-state index contributed by atoms with van der Waals surface area (Å²) in [5.41, 5.74) is 4.43. The molecule has 0 unspecified atom stereocenters. The number of nitrogens with zero attached hydrogens (tertiary/aromatic N) is 5. The van der Waals surface area contributed by atoms with E-state index in [2.05, 4.69) is 84.9 Å². The number of hydrogen-bond donors (Lipinski definition) is 1. The molecule has 0 aliphatic rings. The first-order chi connectivity index (χ1) is 27.6. The average Bonchev–Trinajstić information content (AvgIpc) is 4.00. The van der Waals surface area contributed by atoms with Gasteiger partial charge in [0.25, 0.3) is 6.47 Å². The minimum absolute atomic E-state index is 0. The minimum Gasteiger partial charge on any atom is -1.00 e. The molecule has 0 saturated carbocycles. The van der Waals surface area contributed by atoms with E-state index in [4.69, 9.17) is 10.1 Å². The summed E-state index contributed by atoms with van der Waals surface area (Å²) in [6.45, 7) is 8.16. The second kappa shape index (κ2) is 36.0. The van der Waals surface area contributed by atoms with Crippen molar-refractivity contribution in [3.8, 4) is 11.4 Å². The quantitative estimate of drug-likeness (QED) is 0.0479. The van der Waals surface area contributed by atoms with E-state index in [1.807, 2.05) is 26.6 Å². The van der Waals surface area contributed by atoms with Gasteiger partial charge in [-0.15, -0.1) is 0 Å². The molecule has 0 saturated heterocycles. The Bertz CT molecular complexity index is 2190. The van der Waals surface area contributed by atoms with Crippen LogP contribution >= 0.6 is 60.1 Å². The molecule has 1 N–H and O–H groups in total. The fraction of sp³-hybridized carbons (Fsp3) is 0.184. The predicted octanol–water partition coefficient (Wildman–Crippen LogP) is 3.56. The summed E-state index contributed by atoms with van der Waals surface area (Å²) in [7, 11) is 0. The van der Waals surface area contributed by atoms with E-state index >= 15 is 0 Å². The van der Waals surface area contributed by atoms with Crippen LogP contribution in [0.15, 0.2) is 92.2 Å². The Morgan fingerprint density at radius 3 is 1.43 bits per heavy atom. The number of aryl methyl sites for hydroxylation is 3. The molecule has 3 aromatic heterocycles. The van der Waals surface area contributed by atoms with Gasteiger partial charge in [-0.1, -0.05) is 31.9 Å². The van der Waals surface area contributed by atoms with Crippen molar-refractivity contribution < 1.29 is 151 Å². The molecule has 0 bridgehead atoms. The SMILES string of the molecule is BrBr.CBr.CC(=O)c1ccc(-n2cnc(C)c2)c(F)c1.CC(=O)c1ccc(F)c(F)c1.Cc1cn(-c2ccc(C(=O)CBr)cc2F)cn1.Cc1cnc[nH]1.O=CO[O-].[H-].[K+].[K+]. The first-order valence-corrected chi connectivity index (χ1v) is 22.4. The fourth-order valence-electron chi connectivity index (χ4n) is 4.05. The van der Waals surface area contributed by atoms with Crippen molar-refractivity contribution >= 4 is 83.9 Å². The number of carbonyl (C=O) groups is 4. The van der Waals surface area contributed by atoms with Gasteiger partial charge in [-0.25, -0.2) is 32.5 Å². The number of nitrogens with one attached hydrogen (secondary N) is 1. The summed E-state index contributed by atoms with van der Waals surface area (Å²) in [4.78, 5) is 59.0. The molecule has 60 heavy (non-hydrogen) atoms. The van der Waals surface area contributed by atoms with Crippen molar-refractivity contribution in [1.29, 1.82) is 0 Å². The molecule has 0 amide bonds. The van der Waals surface area contributed by atoms with Crippen LogP contribution in [0, 0.1) is 44.0 Å². The molecule has 6 aromatic rings. The molecular formula is C38H38Br4F4K2N6O6. The van der Waals surface area contributed by atoms with E-state index in [9.17, 15) is 31.9 Å². The van der Waals surface area contributed by atoms with E-state index in [0.29, 0.717) is 22.5 Å². The third-order valence-electron chi connectivity index (χ3n) is 6.73. The topological polar surface area (TPSA) is 165 Å². The average molecular weight is 1150 g/mol. The first kappa shape index (κ1) is 62.9. The molecule has 22 heteroatoms. The molecule has 314 valence electrons. The second-order valence-corrected chi connectivity index (χ2v) is 11.5. The number of halogens is 8. The van der Waals surface area contributed by atoms with Crippen LogP contribution in [-0.2, 0) is 9.68 Å². The van der Waals surface area contributed by atoms with Crippen LogP contribution in [0.5, 0.6) is 0 Å². The molecule has 0 fully saturated rings. The number of H-pyrrole nitrogens is 1. The Morgan fingerprint density at radius 2 is 1.15 bits per heavy atom. The predicted molar refractivity (Wildman–Crippen MR) is 225 cm³/mol. The number of alkyl halides is 2. The molecule has 0 aliphatic heterocycles. The maximum absolute atomic E-state index is 13.8. The van der Waals surface area contributed by atoms with Gasteiger partial charge < -0.3 is 25.7 Å². The van der Waals surface area contributed by atoms with Gasteiger partial charge in [0.1, 0.15) is 11.6 Å². The maximum Gasteiger partial charge on any atom is 1.00 e. The van der Waals surface area contributed by atoms with Gasteiger partial charge in [-0.2, -0.15) is 0 Å². The number of imidazole rings is 3. The van der Waals surface area contributed by atoms with Gasteiger partial charge in [0.05, 0.1) is 47.1 Å². The molecule has 3 heterocycles. The van der Waals surface area contributed by atoms with Gasteiger partial charge in [-0.3, -0.25) is 19.2 Å². The van der Waals surface area contributed by atoms with Crippen LogP contribution in [0.1, 0.15) is 63.4 Å². The molecule has 3 aromatic carbocycles. The number of rotatable bonds is 7. The standard InChI is InChI=1S/C12H10BrFN2O.C12H11FN2O.C8H6F2O.C4H6N2.CH3Br.CH2O3.Br2.2K.H/c1-8-6-16(7-15-8)11-3-2-9(4-10(11)14)12(17)5-13;1-8-6-15(7-14-8)12-4-3-10(9(2)16)5-11(12)13;1-5(11)6-2-3-7(9)8(10)4-6;1-4-2-5-3-6-4;1-2;2-1-4-3;1-2;;;/h2-4,6-7H,5H2,1H3;3-7H,1-2H3;2-4H,1H3;2-3H,1H3,(H,5,6);1H3;1,3H;;;;/q;;;;;;;2*+1;-1/p-1. The number of carbonyl (C=O) groups excluding carboxylic acids is 4. The Balaban J connectivity index is -0.000000343. The van der Waals surface area contributed by atoms with Gasteiger partial charge in [-0.05, 0) is 95.0 Å². The first-order valence-electron chi connectivity index (χ1n) is 16.0. The van der Waals surface area contributed by atoms with Crippen molar-refractivity contribution in [2.45, 2.75) is 34.6 Å². The van der Waals surface area contributed by atoms with Crippen LogP contribution in [0.25, 0.3) is 11.4 Å². The second-order valence-electron chi connectivity index (χ2n) is 10.9. The van der Waals surface area contributed by atoms with Crippen LogP contribution in [-0.4, -0.2) is 64.1 Å². The summed E-state index contributed by atoms with van der Waals surface area (Å²) >= 11 is 11.5. The van der Waals surface area contributed by atoms with Gasteiger partial charge in [0.15, 0.2) is 29.0 Å². The number of benzene rings is 3. The third kappa shape index (κ3) is 23.9. The summed E-state index contributed by atoms with van der Waals surface area (Å²) < 4.78 is 55.4. The summed E-state index contributed by atoms with van der Waals surface area (Å²) in [5, 5.41) is 8.62. The van der Waals surface area contributed by atoms with Crippen molar-refractivity contribution in [3.05, 3.63) is 149 Å². The molecule has 0 spiro atoms. The van der Waals surface area contributed by atoms with E-state index in [1.165, 1.54) is 32.0 Å². The maximum atomic E-state index is 13.8. The fourth-order valence-corrected chi connectivity index (χ4v) is 4.37. The Kier molecular flexibility index (Phi) is 37.8. The van der Waals surface area contributed by atoms with E-state index < -0.39 is 23.3 Å². The Labute approximate surface area is 463 Å². The molecule has 0 radical (unpaired) electrons. The number of aromatic nitrogens is 6. The van der Waals surface area contributed by atoms with Crippen LogP contribution in [0.4, 0.5) is 17.6 Å². The molecular weight excluding hydrogens is 1110 g/mol. The Hall–Kier alpha value is -1.36. The molecule has 6 rings (SSSR count). The zero-order valence-electron chi connectivity index (χ0n) is 34.7. The van der Waals surface area contributed by atoms with E-state index in [0.717, 1.165) is 29.2 Å². The van der Waals surface area contributed by atoms with Gasteiger partial charge >= 0.3 is 103 Å². The number of Topliss-reactive ketones (excluding diaryl/α,β-unsaturated/α-hetero) is 3. The molecule has 0 aliphatic carbocycles. The van der Waals surface area contributed by atoms with Crippen LogP contribution in [0.3, 0.4) is 0 Å². The van der Waals surface area contributed by atoms with E-state index in [1.54, 1.807) is 71.0 Å². The molecule has 12 nitrogen and oxygen atoms in total. The number of aromatic amines is 1. The number of hydrogen-bond acceptors (Lipinski definition) is 9. The van der Waals surface area contributed by atoms with Crippen molar-refractivity contribution in [1.82, 2.24) is 29.1 Å². The van der Waals surface area contributed by atoms with Crippen molar-refractivity contribution in [2.75, 3.05) is 11.2 Å². The summed E-state index contributed by atoms with van der Waals surface area (Å²) in [5.74, 6) is -1.53. The summed E-state index contributed by atoms with van der Waals surface area (Å²) in [6.07, 6.45) is 9.98. The smallest absolute Gasteiger partial charge is 1.00 e. The van der Waals surface area contributed by atoms with Crippen molar-refractivity contribution in [2.24, 2.45) is 0 Å². The zero-order chi connectivity index (χ0) is 44.4. The van der Waals surface area contributed by atoms with Crippen molar-refractivity contribution in [3.63, 3.8) is 0 Å². The van der Waals surface area contributed by atoms with Gasteiger partial charge in [0, 0.05) is 69.2 Å². The van der Waals surface area contributed by atoms with E-state index in [-0.39, 0.29) is 139 Å². The van der Waals surface area contributed by atoms with Gasteiger partial charge in [0.2, 0.25) is 0 Å². The van der Waals surface area contributed by atoms with Crippen LogP contribution in [0.2, 0.25) is 0 Å². The minimum atomic E-state index is -0.988. The number of ketones is 3. The normalized spacial score (nSPS) is 8.98. The zero-order valence-corrected chi connectivity index (χ0v) is 46.2. The summed E-state index contributed by atoms with van der Waals surface area (Å²) in [6, 6.07) is 11.9. The third-order valence-corrected chi connectivity index (χ3v) is 7.23. The monoisotopic (exact) mass is 1140 g/mol. The Morgan fingerprint density at radius 1 is 0.750 bits per heavy atom. The largest absolute Gasteiger partial charge is 1.00 e. The molecule has 0 atom stereocenters. The van der Waals surface area contributed by atoms with Crippen LogP contribution < -0.4 is 108 Å².